The lowest BCUT2D eigenvalue weighted by atomic mass is 9.96. The minimum absolute atomic E-state index is 0.0136. The Hall–Kier alpha value is -2.14. The number of benzene rings is 2. The SMILES string of the molecule is O=C(CC(c1ccc(Br)cc1)N(C(=O)O)C1CC1)c1ccccc1. The summed E-state index contributed by atoms with van der Waals surface area (Å²) in [5, 5.41) is 9.66. The number of amides is 1. The molecule has 1 aliphatic rings. The lowest BCUT2D eigenvalue weighted by molar-refractivity contribution is 0.0888. The Labute approximate surface area is 149 Å². The van der Waals surface area contributed by atoms with Crippen molar-refractivity contribution in [3.63, 3.8) is 0 Å². The van der Waals surface area contributed by atoms with Crippen molar-refractivity contribution in [3.8, 4) is 0 Å². The van der Waals surface area contributed by atoms with Gasteiger partial charge in [-0.05, 0) is 30.5 Å². The van der Waals surface area contributed by atoms with Gasteiger partial charge < -0.3 is 5.11 Å². The molecule has 2 aromatic rings. The van der Waals surface area contributed by atoms with E-state index in [1.165, 1.54) is 4.90 Å². The predicted octanol–water partition coefficient (Wildman–Crippen LogP) is 4.91. The van der Waals surface area contributed by atoms with Crippen LogP contribution in [-0.2, 0) is 0 Å². The number of halogens is 1. The van der Waals surface area contributed by atoms with Gasteiger partial charge in [-0.1, -0.05) is 58.4 Å². The van der Waals surface area contributed by atoms with Gasteiger partial charge >= 0.3 is 6.09 Å². The summed E-state index contributed by atoms with van der Waals surface area (Å²) in [6.45, 7) is 0. The van der Waals surface area contributed by atoms with Crippen LogP contribution in [0.15, 0.2) is 59.1 Å². The summed E-state index contributed by atoms with van der Waals surface area (Å²) in [5.41, 5.74) is 1.46. The highest BCUT2D eigenvalue weighted by Gasteiger charge is 2.39. The zero-order valence-electron chi connectivity index (χ0n) is 13.1. The van der Waals surface area contributed by atoms with Crippen molar-refractivity contribution in [3.05, 3.63) is 70.2 Å². The van der Waals surface area contributed by atoms with E-state index in [0.717, 1.165) is 22.9 Å². The van der Waals surface area contributed by atoms with E-state index in [0.29, 0.717) is 5.56 Å². The van der Waals surface area contributed by atoms with Gasteiger partial charge in [-0.2, -0.15) is 0 Å². The Kier molecular flexibility index (Phi) is 5.00. The number of ketones is 1. The lowest BCUT2D eigenvalue weighted by Crippen LogP contribution is -2.36. The monoisotopic (exact) mass is 387 g/mol. The van der Waals surface area contributed by atoms with E-state index < -0.39 is 12.1 Å². The molecule has 1 amide bonds. The fourth-order valence-electron chi connectivity index (χ4n) is 2.88. The first-order chi connectivity index (χ1) is 11.6. The first kappa shape index (κ1) is 16.7. The van der Waals surface area contributed by atoms with Crippen LogP contribution in [0.3, 0.4) is 0 Å². The van der Waals surface area contributed by atoms with Gasteiger partial charge in [0.1, 0.15) is 0 Å². The van der Waals surface area contributed by atoms with Gasteiger partial charge in [0.2, 0.25) is 0 Å². The van der Waals surface area contributed by atoms with Crippen molar-refractivity contribution in [1.29, 1.82) is 0 Å². The second-order valence-electron chi connectivity index (χ2n) is 5.98. The van der Waals surface area contributed by atoms with E-state index >= 15 is 0 Å². The maximum Gasteiger partial charge on any atom is 0.408 e. The molecule has 1 saturated carbocycles. The molecule has 0 bridgehead atoms. The number of nitrogens with zero attached hydrogens (tertiary/aromatic N) is 1. The number of hydrogen-bond donors (Lipinski definition) is 1. The van der Waals surface area contributed by atoms with Gasteiger partial charge in [0.05, 0.1) is 6.04 Å². The third-order valence-electron chi connectivity index (χ3n) is 4.23. The molecule has 0 saturated heterocycles. The Balaban J connectivity index is 1.90. The number of rotatable bonds is 6. The molecule has 0 aromatic heterocycles. The maximum absolute atomic E-state index is 12.6. The average Bonchev–Trinajstić information content (AvgIpc) is 3.40. The van der Waals surface area contributed by atoms with Gasteiger partial charge in [-0.25, -0.2) is 4.79 Å². The second kappa shape index (κ2) is 7.18. The zero-order valence-corrected chi connectivity index (χ0v) is 14.6. The minimum atomic E-state index is -0.966. The molecule has 2 aromatic carbocycles. The van der Waals surface area contributed by atoms with Crippen LogP contribution >= 0.6 is 15.9 Å². The van der Waals surface area contributed by atoms with Crippen LogP contribution in [0, 0.1) is 0 Å². The molecule has 0 radical (unpaired) electrons. The molecule has 0 heterocycles. The highest BCUT2D eigenvalue weighted by atomic mass is 79.9. The molecule has 0 spiro atoms. The predicted molar refractivity (Wildman–Crippen MR) is 95.2 cm³/mol. The van der Waals surface area contributed by atoms with Crippen LogP contribution in [0.2, 0.25) is 0 Å². The summed E-state index contributed by atoms with van der Waals surface area (Å²) in [6, 6.07) is 16.1. The highest BCUT2D eigenvalue weighted by Crippen LogP contribution is 2.37. The quantitative estimate of drug-likeness (QED) is 0.716. The van der Waals surface area contributed by atoms with Crippen molar-refractivity contribution in [2.45, 2.75) is 31.3 Å². The molecule has 5 heteroatoms. The van der Waals surface area contributed by atoms with Crippen LogP contribution in [0.25, 0.3) is 0 Å². The van der Waals surface area contributed by atoms with Crippen LogP contribution < -0.4 is 0 Å². The van der Waals surface area contributed by atoms with E-state index in [1.54, 1.807) is 12.1 Å². The number of carbonyl (C=O) groups is 2. The molecule has 1 N–H and O–H groups in total. The minimum Gasteiger partial charge on any atom is -0.465 e. The van der Waals surface area contributed by atoms with E-state index in [9.17, 15) is 14.7 Å². The third-order valence-corrected chi connectivity index (χ3v) is 4.75. The first-order valence-corrected chi connectivity index (χ1v) is 8.70. The van der Waals surface area contributed by atoms with E-state index in [2.05, 4.69) is 15.9 Å². The van der Waals surface area contributed by atoms with Crippen molar-refractivity contribution in [1.82, 2.24) is 4.90 Å². The maximum atomic E-state index is 12.6. The van der Waals surface area contributed by atoms with Crippen LogP contribution in [0.4, 0.5) is 4.79 Å². The molecule has 1 aliphatic carbocycles. The molecule has 1 unspecified atom stereocenters. The standard InChI is InChI=1S/C19H18BrNO3/c20-15-8-6-13(7-9-15)17(21(19(23)24)16-10-11-16)12-18(22)14-4-2-1-3-5-14/h1-9,16-17H,10-12H2,(H,23,24). The summed E-state index contributed by atoms with van der Waals surface area (Å²) in [5.74, 6) is -0.0459. The van der Waals surface area contributed by atoms with E-state index in [1.807, 2.05) is 42.5 Å². The summed E-state index contributed by atoms with van der Waals surface area (Å²) in [6.07, 6.45) is 0.901. The number of hydrogen-bond acceptors (Lipinski definition) is 2. The summed E-state index contributed by atoms with van der Waals surface area (Å²) >= 11 is 3.39. The van der Waals surface area contributed by atoms with Gasteiger partial charge in [0.25, 0.3) is 0 Å². The largest absolute Gasteiger partial charge is 0.465 e. The van der Waals surface area contributed by atoms with Crippen molar-refractivity contribution in [2.24, 2.45) is 0 Å². The summed E-state index contributed by atoms with van der Waals surface area (Å²) < 4.78 is 0.924. The molecule has 4 nitrogen and oxygen atoms in total. The number of carbonyl (C=O) groups excluding carboxylic acids is 1. The Morgan fingerprint density at radius 1 is 1.08 bits per heavy atom. The summed E-state index contributed by atoms with van der Waals surface area (Å²) in [7, 11) is 0. The fraction of sp³-hybridized carbons (Fsp3) is 0.263. The average molecular weight is 388 g/mol. The number of Topliss-reactive ketones (excluding diaryl/α,β-unsaturated/α-hetero) is 1. The van der Waals surface area contributed by atoms with Gasteiger partial charge in [-0.15, -0.1) is 0 Å². The van der Waals surface area contributed by atoms with E-state index in [-0.39, 0.29) is 18.2 Å². The van der Waals surface area contributed by atoms with Crippen molar-refractivity contribution >= 4 is 27.8 Å². The molecule has 0 aliphatic heterocycles. The number of carboxylic acid groups (broad SMARTS) is 1. The smallest absolute Gasteiger partial charge is 0.408 e. The topological polar surface area (TPSA) is 57.6 Å². The Bertz CT molecular complexity index is 726. The van der Waals surface area contributed by atoms with E-state index in [4.69, 9.17) is 0 Å². The van der Waals surface area contributed by atoms with Crippen LogP contribution in [0.1, 0.15) is 41.2 Å². The highest BCUT2D eigenvalue weighted by molar-refractivity contribution is 9.10. The lowest BCUT2D eigenvalue weighted by Gasteiger charge is -2.29. The molecule has 1 fully saturated rings. The third kappa shape index (κ3) is 3.85. The van der Waals surface area contributed by atoms with Crippen molar-refractivity contribution < 1.29 is 14.7 Å². The first-order valence-electron chi connectivity index (χ1n) is 7.91. The zero-order chi connectivity index (χ0) is 17.1. The fourth-order valence-corrected chi connectivity index (χ4v) is 3.14. The Morgan fingerprint density at radius 3 is 2.25 bits per heavy atom. The normalized spacial score (nSPS) is 14.9. The van der Waals surface area contributed by atoms with Gasteiger partial charge in [-0.3, -0.25) is 9.69 Å². The summed E-state index contributed by atoms with van der Waals surface area (Å²) in [4.78, 5) is 25.9. The van der Waals surface area contributed by atoms with Crippen LogP contribution in [-0.4, -0.2) is 27.9 Å². The second-order valence-corrected chi connectivity index (χ2v) is 6.90. The Morgan fingerprint density at radius 2 is 1.71 bits per heavy atom. The van der Waals surface area contributed by atoms with Gasteiger partial charge in [0, 0.05) is 22.5 Å². The molecule has 24 heavy (non-hydrogen) atoms. The molecular weight excluding hydrogens is 370 g/mol. The molecule has 1 atom stereocenters. The molecule has 124 valence electrons. The molecular formula is C19H18BrNO3. The van der Waals surface area contributed by atoms with Gasteiger partial charge in [0.15, 0.2) is 5.78 Å². The van der Waals surface area contributed by atoms with Crippen molar-refractivity contribution in [2.75, 3.05) is 0 Å². The molecule has 3 rings (SSSR count). The van der Waals surface area contributed by atoms with Crippen LogP contribution in [0.5, 0.6) is 0 Å².